The Morgan fingerprint density at radius 3 is 3.11 bits per heavy atom. The highest BCUT2D eigenvalue weighted by atomic mass is 32.1. The normalized spacial score (nSPS) is 17.2. The van der Waals surface area contributed by atoms with Gasteiger partial charge in [0.2, 0.25) is 5.91 Å². The highest BCUT2D eigenvalue weighted by molar-refractivity contribution is 7.10. The average Bonchev–Trinajstić information content (AvgIpc) is 3.37. The van der Waals surface area contributed by atoms with Gasteiger partial charge in [0.15, 0.2) is 0 Å². The predicted molar refractivity (Wildman–Crippen MR) is 106 cm³/mol. The monoisotopic (exact) mass is 382 g/mol. The topological polar surface area (TPSA) is 78.1 Å². The Morgan fingerprint density at radius 1 is 1.33 bits per heavy atom. The maximum absolute atomic E-state index is 12.5. The molecule has 2 N–H and O–H groups in total. The zero-order chi connectivity index (χ0) is 18.6. The number of hydrogen-bond donors (Lipinski definition) is 2. The summed E-state index contributed by atoms with van der Waals surface area (Å²) in [5, 5.41) is 5.02. The number of imidazole rings is 1. The fraction of sp³-hybridized carbons (Fsp3) is 0.350. The van der Waals surface area contributed by atoms with E-state index >= 15 is 0 Å². The predicted octanol–water partition coefficient (Wildman–Crippen LogP) is 2.84. The summed E-state index contributed by atoms with van der Waals surface area (Å²) < 4.78 is 0. The van der Waals surface area contributed by atoms with Gasteiger partial charge in [0, 0.05) is 30.1 Å². The molecular weight excluding hydrogens is 360 g/mol. The van der Waals surface area contributed by atoms with Crippen LogP contribution >= 0.6 is 11.3 Å². The number of aromatic nitrogens is 2. The molecule has 6 nitrogen and oxygen atoms in total. The summed E-state index contributed by atoms with van der Waals surface area (Å²) in [6.07, 6.45) is 4.11. The van der Waals surface area contributed by atoms with Gasteiger partial charge in [-0.15, -0.1) is 11.3 Å². The molecule has 1 aliphatic rings. The van der Waals surface area contributed by atoms with Crippen LogP contribution in [-0.4, -0.2) is 46.3 Å². The van der Waals surface area contributed by atoms with Gasteiger partial charge >= 0.3 is 0 Å². The molecule has 1 fully saturated rings. The fourth-order valence-electron chi connectivity index (χ4n) is 3.55. The lowest BCUT2D eigenvalue weighted by atomic mass is 9.97. The largest absolute Gasteiger partial charge is 0.352 e. The first-order valence-corrected chi connectivity index (χ1v) is 10.1. The van der Waals surface area contributed by atoms with E-state index in [2.05, 4.69) is 15.3 Å². The standard InChI is InChI=1S/C20H22N4O2S/c25-19(10-16-4-2-8-27-16)24-7-1-3-14(12-24)11-21-20(26)15-5-6-17-18(9-15)23-13-22-17/h2,4-6,8-9,13-14H,1,3,7,10-12H2,(H,21,26)(H,22,23). The number of carbonyl (C=O) groups is 2. The first-order valence-electron chi connectivity index (χ1n) is 9.20. The van der Waals surface area contributed by atoms with Crippen molar-refractivity contribution in [3.63, 3.8) is 0 Å². The molecule has 1 unspecified atom stereocenters. The number of nitrogens with one attached hydrogen (secondary N) is 2. The molecular formula is C20H22N4O2S. The number of H-pyrrole nitrogens is 1. The summed E-state index contributed by atoms with van der Waals surface area (Å²) in [5.74, 6) is 0.387. The molecule has 3 aromatic rings. The van der Waals surface area contributed by atoms with Gasteiger partial charge in [-0.05, 0) is 48.4 Å². The van der Waals surface area contributed by atoms with Gasteiger partial charge in [-0.25, -0.2) is 4.98 Å². The number of benzene rings is 1. The number of piperidine rings is 1. The summed E-state index contributed by atoms with van der Waals surface area (Å²) in [7, 11) is 0. The molecule has 7 heteroatoms. The maximum Gasteiger partial charge on any atom is 0.251 e. The molecule has 3 heterocycles. The van der Waals surface area contributed by atoms with Crippen LogP contribution in [-0.2, 0) is 11.2 Å². The van der Waals surface area contributed by atoms with Crippen molar-refractivity contribution in [1.29, 1.82) is 0 Å². The van der Waals surface area contributed by atoms with E-state index in [0.29, 0.717) is 31.0 Å². The maximum atomic E-state index is 12.5. The van der Waals surface area contributed by atoms with Gasteiger partial charge < -0.3 is 15.2 Å². The van der Waals surface area contributed by atoms with Crippen LogP contribution in [0.1, 0.15) is 28.1 Å². The van der Waals surface area contributed by atoms with Crippen molar-refractivity contribution < 1.29 is 9.59 Å². The molecule has 0 bridgehead atoms. The first-order chi connectivity index (χ1) is 13.2. The summed E-state index contributed by atoms with van der Waals surface area (Å²) in [6.45, 7) is 2.11. The van der Waals surface area contributed by atoms with Crippen molar-refractivity contribution in [2.45, 2.75) is 19.3 Å². The molecule has 1 atom stereocenters. The molecule has 0 radical (unpaired) electrons. The second kappa shape index (κ2) is 7.92. The van der Waals surface area contributed by atoms with E-state index in [1.54, 1.807) is 23.7 Å². The summed E-state index contributed by atoms with van der Waals surface area (Å²) in [5.41, 5.74) is 2.32. The number of nitrogens with zero attached hydrogens (tertiary/aromatic N) is 2. The summed E-state index contributed by atoms with van der Waals surface area (Å²) in [6, 6.07) is 9.42. The van der Waals surface area contributed by atoms with Gasteiger partial charge in [-0.3, -0.25) is 9.59 Å². The minimum atomic E-state index is -0.0893. The lowest BCUT2D eigenvalue weighted by molar-refractivity contribution is -0.132. The molecule has 1 aromatic carbocycles. The van der Waals surface area contributed by atoms with Crippen LogP contribution in [0.2, 0.25) is 0 Å². The second-order valence-electron chi connectivity index (χ2n) is 6.95. The van der Waals surface area contributed by atoms with Crippen LogP contribution in [0.5, 0.6) is 0 Å². The van der Waals surface area contributed by atoms with Crippen LogP contribution in [0.15, 0.2) is 42.0 Å². The highest BCUT2D eigenvalue weighted by Crippen LogP contribution is 2.19. The first kappa shape index (κ1) is 17.7. The molecule has 1 aliphatic heterocycles. The minimum Gasteiger partial charge on any atom is -0.352 e. The van der Waals surface area contributed by atoms with Crippen LogP contribution in [0, 0.1) is 5.92 Å². The fourth-order valence-corrected chi connectivity index (χ4v) is 4.24. The molecule has 0 aliphatic carbocycles. The van der Waals surface area contributed by atoms with Crippen molar-refractivity contribution in [3.8, 4) is 0 Å². The lowest BCUT2D eigenvalue weighted by Crippen LogP contribution is -2.44. The van der Waals surface area contributed by atoms with Crippen molar-refractivity contribution in [2.24, 2.45) is 5.92 Å². The van der Waals surface area contributed by atoms with Gasteiger partial charge in [0.1, 0.15) is 0 Å². The molecule has 27 heavy (non-hydrogen) atoms. The van der Waals surface area contributed by atoms with E-state index in [0.717, 1.165) is 35.3 Å². The van der Waals surface area contributed by atoms with E-state index in [4.69, 9.17) is 0 Å². The highest BCUT2D eigenvalue weighted by Gasteiger charge is 2.24. The Kier molecular flexibility index (Phi) is 5.20. The molecule has 140 valence electrons. The second-order valence-corrected chi connectivity index (χ2v) is 7.98. The quantitative estimate of drug-likeness (QED) is 0.712. The lowest BCUT2D eigenvalue weighted by Gasteiger charge is -2.33. The summed E-state index contributed by atoms with van der Waals surface area (Å²) >= 11 is 1.62. The molecule has 2 aromatic heterocycles. The van der Waals surface area contributed by atoms with Crippen LogP contribution < -0.4 is 5.32 Å². The Hall–Kier alpha value is -2.67. The molecule has 4 rings (SSSR count). The minimum absolute atomic E-state index is 0.0893. The smallest absolute Gasteiger partial charge is 0.251 e. The number of likely N-dealkylation sites (tertiary alicyclic amines) is 1. The van der Waals surface area contributed by atoms with Crippen LogP contribution in [0.25, 0.3) is 11.0 Å². The van der Waals surface area contributed by atoms with E-state index in [1.807, 2.05) is 34.5 Å². The van der Waals surface area contributed by atoms with E-state index in [9.17, 15) is 9.59 Å². The summed E-state index contributed by atoms with van der Waals surface area (Å²) in [4.78, 5) is 35.2. The van der Waals surface area contributed by atoms with Gasteiger partial charge in [0.25, 0.3) is 5.91 Å². The number of carbonyl (C=O) groups excluding carboxylic acids is 2. The molecule has 2 amide bonds. The van der Waals surface area contributed by atoms with Gasteiger partial charge in [0.05, 0.1) is 23.8 Å². The number of hydrogen-bond acceptors (Lipinski definition) is 4. The van der Waals surface area contributed by atoms with E-state index < -0.39 is 0 Å². The van der Waals surface area contributed by atoms with Gasteiger partial charge in [-0.1, -0.05) is 6.07 Å². The Bertz CT molecular complexity index is 935. The van der Waals surface area contributed by atoms with Crippen molar-refractivity contribution in [3.05, 3.63) is 52.5 Å². The third-order valence-electron chi connectivity index (χ3n) is 5.01. The molecule has 1 saturated heterocycles. The Labute approximate surface area is 161 Å². The number of amides is 2. The van der Waals surface area contributed by atoms with E-state index in [1.165, 1.54) is 0 Å². The number of fused-ring (bicyclic) bond motifs is 1. The van der Waals surface area contributed by atoms with Crippen molar-refractivity contribution in [1.82, 2.24) is 20.2 Å². The van der Waals surface area contributed by atoms with E-state index in [-0.39, 0.29) is 11.8 Å². The Balaban J connectivity index is 1.31. The molecule has 0 saturated carbocycles. The Morgan fingerprint density at radius 2 is 2.26 bits per heavy atom. The number of rotatable bonds is 5. The third kappa shape index (κ3) is 4.19. The zero-order valence-corrected chi connectivity index (χ0v) is 15.8. The number of aromatic amines is 1. The molecule has 0 spiro atoms. The van der Waals surface area contributed by atoms with Crippen LogP contribution in [0.3, 0.4) is 0 Å². The van der Waals surface area contributed by atoms with Crippen molar-refractivity contribution in [2.75, 3.05) is 19.6 Å². The average molecular weight is 382 g/mol. The van der Waals surface area contributed by atoms with Gasteiger partial charge in [-0.2, -0.15) is 0 Å². The van der Waals surface area contributed by atoms with Crippen LogP contribution in [0.4, 0.5) is 0 Å². The number of thiophene rings is 1. The third-order valence-corrected chi connectivity index (χ3v) is 5.89. The van der Waals surface area contributed by atoms with Crippen molar-refractivity contribution >= 4 is 34.2 Å². The SMILES string of the molecule is O=C(NCC1CCCN(C(=O)Cc2cccs2)C1)c1ccc2nc[nH]c2c1. The zero-order valence-electron chi connectivity index (χ0n) is 15.0.